The summed E-state index contributed by atoms with van der Waals surface area (Å²) in [6.45, 7) is 1.72. The van der Waals surface area contributed by atoms with E-state index in [1.807, 2.05) is 18.0 Å². The number of carbonyl (C=O) groups excluding carboxylic acids is 1. The van der Waals surface area contributed by atoms with E-state index in [9.17, 15) is 9.18 Å². The molecule has 2 bridgehead atoms. The topological polar surface area (TPSA) is 55.3 Å². The van der Waals surface area contributed by atoms with Crippen molar-refractivity contribution >= 4 is 5.91 Å². The number of hydrogen-bond acceptors (Lipinski definition) is 4. The molecule has 24 heavy (non-hydrogen) atoms. The van der Waals surface area contributed by atoms with E-state index in [0.29, 0.717) is 0 Å². The van der Waals surface area contributed by atoms with Gasteiger partial charge in [-0.3, -0.25) is 4.79 Å². The summed E-state index contributed by atoms with van der Waals surface area (Å²) < 4.78 is 19.0. The van der Waals surface area contributed by atoms with Crippen LogP contribution in [0.25, 0.3) is 0 Å². The van der Waals surface area contributed by atoms with Crippen molar-refractivity contribution in [1.29, 1.82) is 0 Å². The molecule has 124 valence electrons. The van der Waals surface area contributed by atoms with E-state index in [2.05, 4.69) is 9.97 Å². The van der Waals surface area contributed by atoms with Gasteiger partial charge in [0.15, 0.2) is 18.2 Å². The Labute approximate surface area is 139 Å². The predicted octanol–water partition coefficient (Wildman–Crippen LogP) is 2.59. The molecule has 1 aromatic heterocycles. The number of halogens is 1. The number of para-hydroxylation sites is 1. The summed E-state index contributed by atoms with van der Waals surface area (Å²) in [6.07, 6.45) is 4.45. The Kier molecular flexibility index (Phi) is 3.67. The molecular weight excluding hydrogens is 309 g/mol. The molecule has 4 rings (SSSR count). The Balaban J connectivity index is 1.52. The second-order valence-corrected chi connectivity index (χ2v) is 6.29. The molecule has 1 aromatic carbocycles. The van der Waals surface area contributed by atoms with Gasteiger partial charge in [-0.25, -0.2) is 14.4 Å². The molecule has 0 aliphatic carbocycles. The normalized spacial score (nSPS) is 21.5. The van der Waals surface area contributed by atoms with E-state index >= 15 is 0 Å². The highest BCUT2D eigenvalue weighted by Crippen LogP contribution is 2.42. The summed E-state index contributed by atoms with van der Waals surface area (Å²) in [5.41, 5.74) is 2.09. The summed E-state index contributed by atoms with van der Waals surface area (Å²) in [5.74, 6) is 0.295. The number of carbonyl (C=O) groups is 1. The zero-order chi connectivity index (χ0) is 16.7. The summed E-state index contributed by atoms with van der Waals surface area (Å²) in [7, 11) is 0. The lowest BCUT2D eigenvalue weighted by molar-refractivity contribution is -0.137. The lowest BCUT2D eigenvalue weighted by Crippen LogP contribution is -2.44. The zero-order valence-electron chi connectivity index (χ0n) is 13.4. The van der Waals surface area contributed by atoms with E-state index in [1.165, 1.54) is 12.1 Å². The molecule has 0 N–H and O–H groups in total. The molecule has 0 radical (unpaired) electrons. The van der Waals surface area contributed by atoms with Gasteiger partial charge in [0.1, 0.15) is 5.82 Å². The average molecular weight is 327 g/mol. The maximum Gasteiger partial charge on any atom is 0.261 e. The monoisotopic (exact) mass is 327 g/mol. The molecule has 0 saturated carbocycles. The lowest BCUT2D eigenvalue weighted by atomic mass is 9.99. The van der Waals surface area contributed by atoms with Gasteiger partial charge in [0, 0.05) is 24.2 Å². The molecule has 2 aliphatic rings. The van der Waals surface area contributed by atoms with Crippen molar-refractivity contribution in [1.82, 2.24) is 14.9 Å². The minimum Gasteiger partial charge on any atom is -0.481 e. The van der Waals surface area contributed by atoms with Crippen LogP contribution in [0.1, 0.15) is 36.0 Å². The van der Waals surface area contributed by atoms with Gasteiger partial charge in [-0.15, -0.1) is 0 Å². The van der Waals surface area contributed by atoms with E-state index in [0.717, 1.165) is 36.3 Å². The van der Waals surface area contributed by atoms with Gasteiger partial charge >= 0.3 is 0 Å². The van der Waals surface area contributed by atoms with Crippen LogP contribution in [0.5, 0.6) is 5.75 Å². The molecule has 0 unspecified atom stereocenters. The number of amides is 1. The van der Waals surface area contributed by atoms with Crippen molar-refractivity contribution in [3.63, 3.8) is 0 Å². The molecule has 1 amide bonds. The number of benzene rings is 1. The standard InChI is InChI=1S/C18H18FN3O2/c1-11-20-9-13-15(21-11)8-12-6-7-16(13)22(12)18(23)10-24-17-5-3-2-4-14(17)19/h2-5,9,12,16H,6-8,10H2,1H3/t12-,16+/m1/s1. The van der Waals surface area contributed by atoms with Crippen LogP contribution in [0, 0.1) is 12.7 Å². The average Bonchev–Trinajstić information content (AvgIpc) is 2.89. The second-order valence-electron chi connectivity index (χ2n) is 6.29. The fourth-order valence-electron chi connectivity index (χ4n) is 3.73. The van der Waals surface area contributed by atoms with Crippen molar-refractivity contribution < 1.29 is 13.9 Å². The third-order valence-electron chi connectivity index (χ3n) is 4.79. The van der Waals surface area contributed by atoms with Crippen LogP contribution >= 0.6 is 0 Å². The quantitative estimate of drug-likeness (QED) is 0.869. The van der Waals surface area contributed by atoms with Crippen LogP contribution in [0.2, 0.25) is 0 Å². The van der Waals surface area contributed by atoms with Gasteiger partial charge in [-0.05, 0) is 31.9 Å². The van der Waals surface area contributed by atoms with Crippen LogP contribution in [-0.4, -0.2) is 33.4 Å². The number of aryl methyl sites for hydroxylation is 1. The molecule has 2 aliphatic heterocycles. The van der Waals surface area contributed by atoms with E-state index in [4.69, 9.17) is 4.74 Å². The first-order valence-corrected chi connectivity index (χ1v) is 8.14. The first kappa shape index (κ1) is 15.1. The molecule has 5 nitrogen and oxygen atoms in total. The Bertz CT molecular complexity index is 796. The first-order valence-electron chi connectivity index (χ1n) is 8.14. The minimum atomic E-state index is -0.457. The Morgan fingerprint density at radius 3 is 3.04 bits per heavy atom. The zero-order valence-corrected chi connectivity index (χ0v) is 13.4. The Morgan fingerprint density at radius 1 is 1.38 bits per heavy atom. The highest BCUT2D eigenvalue weighted by Gasteiger charge is 2.43. The molecule has 2 atom stereocenters. The molecule has 1 fully saturated rings. The van der Waals surface area contributed by atoms with E-state index < -0.39 is 5.82 Å². The third-order valence-corrected chi connectivity index (χ3v) is 4.79. The van der Waals surface area contributed by atoms with Crippen LogP contribution in [-0.2, 0) is 11.2 Å². The van der Waals surface area contributed by atoms with Gasteiger partial charge in [0.2, 0.25) is 0 Å². The van der Waals surface area contributed by atoms with Gasteiger partial charge in [0.05, 0.1) is 11.7 Å². The summed E-state index contributed by atoms with van der Waals surface area (Å²) in [5, 5.41) is 0. The van der Waals surface area contributed by atoms with E-state index in [1.54, 1.807) is 12.1 Å². The lowest BCUT2D eigenvalue weighted by Gasteiger charge is -2.35. The van der Waals surface area contributed by atoms with Crippen LogP contribution in [0.4, 0.5) is 4.39 Å². The van der Waals surface area contributed by atoms with Gasteiger partial charge in [0.25, 0.3) is 5.91 Å². The van der Waals surface area contributed by atoms with Gasteiger partial charge in [-0.2, -0.15) is 0 Å². The number of rotatable bonds is 3. The second kappa shape index (κ2) is 5.85. The Morgan fingerprint density at radius 2 is 2.21 bits per heavy atom. The molecule has 3 heterocycles. The maximum atomic E-state index is 13.6. The van der Waals surface area contributed by atoms with Gasteiger partial charge in [-0.1, -0.05) is 12.1 Å². The van der Waals surface area contributed by atoms with Crippen molar-refractivity contribution in [2.75, 3.05) is 6.61 Å². The van der Waals surface area contributed by atoms with Crippen molar-refractivity contribution in [2.24, 2.45) is 0 Å². The highest BCUT2D eigenvalue weighted by molar-refractivity contribution is 5.79. The van der Waals surface area contributed by atoms with Crippen molar-refractivity contribution in [3.8, 4) is 5.75 Å². The molecule has 2 aromatic rings. The number of hydrogen-bond donors (Lipinski definition) is 0. The highest BCUT2D eigenvalue weighted by atomic mass is 19.1. The molecule has 0 spiro atoms. The maximum absolute atomic E-state index is 13.6. The van der Waals surface area contributed by atoms with Crippen molar-refractivity contribution in [3.05, 3.63) is 53.4 Å². The molecular formula is C18H18FN3O2. The van der Waals surface area contributed by atoms with Crippen LogP contribution in [0.15, 0.2) is 30.5 Å². The smallest absolute Gasteiger partial charge is 0.261 e. The van der Waals surface area contributed by atoms with Gasteiger partial charge < -0.3 is 9.64 Å². The van der Waals surface area contributed by atoms with E-state index in [-0.39, 0.29) is 30.3 Å². The minimum absolute atomic E-state index is 0.0103. The number of aromatic nitrogens is 2. The first-order chi connectivity index (χ1) is 11.6. The SMILES string of the molecule is Cc1ncc2c(n1)C[C@H]1CC[C@@H]2N1C(=O)COc1ccccc1F. The third kappa shape index (κ3) is 2.52. The fraction of sp³-hybridized carbons (Fsp3) is 0.389. The largest absolute Gasteiger partial charge is 0.481 e. The number of ether oxygens (including phenoxy) is 1. The summed E-state index contributed by atoms with van der Waals surface area (Å²) >= 11 is 0. The fourth-order valence-corrected chi connectivity index (χ4v) is 3.73. The van der Waals surface area contributed by atoms with Crippen LogP contribution in [0.3, 0.4) is 0 Å². The molecule has 6 heteroatoms. The number of fused-ring (bicyclic) bond motifs is 4. The number of nitrogens with zero attached hydrogens (tertiary/aromatic N) is 3. The Hall–Kier alpha value is -2.50. The predicted molar refractivity (Wildman–Crippen MR) is 85.0 cm³/mol. The van der Waals surface area contributed by atoms with Crippen LogP contribution < -0.4 is 4.74 Å². The molecule has 1 saturated heterocycles. The van der Waals surface area contributed by atoms with Crippen molar-refractivity contribution in [2.45, 2.75) is 38.3 Å². The summed E-state index contributed by atoms with van der Waals surface area (Å²) in [6, 6.07) is 6.28. The summed E-state index contributed by atoms with van der Waals surface area (Å²) in [4.78, 5) is 23.3.